The average Bonchev–Trinajstić information content (AvgIpc) is 2.85. The number of rotatable bonds is 5. The topological polar surface area (TPSA) is 85.3 Å². The van der Waals surface area contributed by atoms with Crippen molar-refractivity contribution in [2.45, 2.75) is 12.2 Å². The minimum absolute atomic E-state index is 0.0939. The molecule has 0 spiro atoms. The van der Waals surface area contributed by atoms with Crippen LogP contribution in [0, 0.1) is 0 Å². The van der Waals surface area contributed by atoms with Gasteiger partial charge in [0.1, 0.15) is 6.10 Å². The van der Waals surface area contributed by atoms with E-state index in [1.807, 2.05) is 12.1 Å². The van der Waals surface area contributed by atoms with Gasteiger partial charge in [0.25, 0.3) is 0 Å². The van der Waals surface area contributed by atoms with Crippen molar-refractivity contribution in [1.82, 2.24) is 10.3 Å². The van der Waals surface area contributed by atoms with E-state index in [9.17, 15) is 15.0 Å². The van der Waals surface area contributed by atoms with Crippen LogP contribution >= 0.6 is 11.3 Å². The molecule has 2 atom stereocenters. The maximum Gasteiger partial charge on any atom is 0.304 e. The predicted molar refractivity (Wildman–Crippen MR) is 75.3 cm³/mol. The van der Waals surface area contributed by atoms with Gasteiger partial charge in [-0.15, -0.1) is 0 Å². The lowest BCUT2D eigenvalue weighted by Crippen LogP contribution is -2.29. The van der Waals surface area contributed by atoms with E-state index in [1.54, 1.807) is 24.6 Å². The second-order valence-corrected chi connectivity index (χ2v) is 5.10. The summed E-state index contributed by atoms with van der Waals surface area (Å²) in [4.78, 5) is 13.7. The molecule has 0 saturated carbocycles. The minimum atomic E-state index is -0.928. The van der Waals surface area contributed by atoms with Crippen LogP contribution in [-0.4, -0.2) is 34.9 Å². The van der Waals surface area contributed by atoms with Gasteiger partial charge >= 0.3 is 4.87 Å². The smallest absolute Gasteiger partial charge is 0.304 e. The number of hydrogen-bond donors (Lipinski definition) is 4. The molecule has 0 radical (unpaired) electrons. The van der Waals surface area contributed by atoms with Gasteiger partial charge in [0, 0.05) is 11.9 Å². The van der Waals surface area contributed by atoms with Gasteiger partial charge in [0.05, 0.1) is 11.8 Å². The number of aliphatic hydroxyl groups excluding tert-OH is 2. The summed E-state index contributed by atoms with van der Waals surface area (Å²) in [5, 5.41) is 24.2. The van der Waals surface area contributed by atoms with E-state index in [-0.39, 0.29) is 4.87 Å². The van der Waals surface area contributed by atoms with Crippen LogP contribution in [0.1, 0.15) is 11.7 Å². The number of nitrogens with one attached hydrogen (secondary N) is 2. The Bertz CT molecular complexity index is 576. The van der Waals surface area contributed by atoms with Crippen LogP contribution in [0.2, 0.25) is 0 Å². The zero-order valence-corrected chi connectivity index (χ0v) is 11.3. The highest BCUT2D eigenvalue weighted by atomic mass is 32.1. The summed E-state index contributed by atoms with van der Waals surface area (Å²) < 4.78 is 0. The van der Waals surface area contributed by atoms with Crippen molar-refractivity contribution < 1.29 is 10.2 Å². The van der Waals surface area contributed by atoms with E-state index >= 15 is 0 Å². The number of benzene rings is 1. The van der Waals surface area contributed by atoms with Crippen LogP contribution in [0.15, 0.2) is 34.4 Å². The van der Waals surface area contributed by atoms with Gasteiger partial charge in [-0.2, -0.15) is 0 Å². The Hall–Kier alpha value is -1.47. The highest BCUT2D eigenvalue weighted by Crippen LogP contribution is 2.22. The molecule has 0 fully saturated rings. The number of aliphatic hydroxyl groups is 2. The summed E-state index contributed by atoms with van der Waals surface area (Å²) in [5.74, 6) is 0. The van der Waals surface area contributed by atoms with Crippen molar-refractivity contribution >= 4 is 11.3 Å². The average molecular weight is 280 g/mol. The van der Waals surface area contributed by atoms with Gasteiger partial charge in [-0.25, -0.2) is 0 Å². The molecule has 0 amide bonds. The molecule has 2 aromatic rings. The molecule has 0 bridgehead atoms. The molecule has 4 N–H and O–H groups in total. The second-order valence-electron chi connectivity index (χ2n) is 4.25. The zero-order valence-electron chi connectivity index (χ0n) is 10.5. The fourth-order valence-electron chi connectivity index (χ4n) is 1.82. The molecule has 1 aromatic carbocycles. The van der Waals surface area contributed by atoms with Crippen molar-refractivity contribution in [3.8, 4) is 11.3 Å². The Morgan fingerprint density at radius 1 is 1.32 bits per heavy atom. The maximum atomic E-state index is 11.1. The number of likely N-dealkylation sites (N-methyl/N-ethyl adjacent to an activating group) is 1. The summed E-state index contributed by atoms with van der Waals surface area (Å²) in [6.07, 6.45) is -1.78. The van der Waals surface area contributed by atoms with Gasteiger partial charge in [-0.3, -0.25) is 4.79 Å². The third kappa shape index (κ3) is 3.30. The lowest BCUT2D eigenvalue weighted by atomic mass is 10.0. The first-order valence-corrected chi connectivity index (χ1v) is 6.78. The van der Waals surface area contributed by atoms with Crippen LogP contribution in [0.3, 0.4) is 0 Å². The Balaban J connectivity index is 2.16. The quantitative estimate of drug-likeness (QED) is 0.650. The molecule has 0 aliphatic rings. The third-order valence-corrected chi connectivity index (χ3v) is 3.53. The largest absolute Gasteiger partial charge is 0.389 e. The molecule has 1 heterocycles. The lowest BCUT2D eigenvalue weighted by Gasteiger charge is -2.17. The predicted octanol–water partition coefficient (Wildman–Crippen LogP) is 0.717. The second kappa shape index (κ2) is 6.12. The molecule has 102 valence electrons. The van der Waals surface area contributed by atoms with Gasteiger partial charge in [-0.1, -0.05) is 35.6 Å². The fourth-order valence-corrected chi connectivity index (χ4v) is 2.41. The van der Waals surface area contributed by atoms with Crippen molar-refractivity contribution in [2.75, 3.05) is 13.6 Å². The summed E-state index contributed by atoms with van der Waals surface area (Å²) in [6.45, 7) is 0.320. The van der Waals surface area contributed by atoms with E-state index in [1.165, 1.54) is 0 Å². The number of hydrogen-bond acceptors (Lipinski definition) is 5. The molecule has 0 aliphatic carbocycles. The van der Waals surface area contributed by atoms with Crippen LogP contribution in [-0.2, 0) is 0 Å². The molecule has 2 rings (SSSR count). The third-order valence-electron chi connectivity index (χ3n) is 2.86. The zero-order chi connectivity index (χ0) is 13.8. The highest BCUT2D eigenvalue weighted by molar-refractivity contribution is 7.07. The molecular formula is C13H16N2O3S. The molecular weight excluding hydrogens is 264 g/mol. The first-order chi connectivity index (χ1) is 9.11. The van der Waals surface area contributed by atoms with Gasteiger partial charge in [-0.05, 0) is 18.2 Å². The molecule has 1 aromatic heterocycles. The van der Waals surface area contributed by atoms with E-state index in [4.69, 9.17) is 0 Å². The van der Waals surface area contributed by atoms with Gasteiger partial charge in [0.2, 0.25) is 0 Å². The monoisotopic (exact) mass is 280 g/mol. The Kier molecular flexibility index (Phi) is 4.49. The SMILES string of the molecule is CNCC(O)C(O)c1ccc(-c2csc(=O)[nH]2)cc1. The number of thiazole rings is 1. The fraction of sp³-hybridized carbons (Fsp3) is 0.308. The Morgan fingerprint density at radius 2 is 2.00 bits per heavy atom. The summed E-state index contributed by atoms with van der Waals surface area (Å²) in [5.41, 5.74) is 2.27. The Morgan fingerprint density at radius 3 is 2.53 bits per heavy atom. The highest BCUT2D eigenvalue weighted by Gasteiger charge is 2.17. The van der Waals surface area contributed by atoms with E-state index < -0.39 is 12.2 Å². The van der Waals surface area contributed by atoms with Crippen LogP contribution in [0.4, 0.5) is 0 Å². The van der Waals surface area contributed by atoms with Crippen LogP contribution in [0.5, 0.6) is 0 Å². The van der Waals surface area contributed by atoms with Crippen molar-refractivity contribution in [1.29, 1.82) is 0 Å². The number of aromatic amines is 1. The molecule has 0 saturated heterocycles. The summed E-state index contributed by atoms with van der Waals surface area (Å²) >= 11 is 1.11. The normalized spacial score (nSPS) is 14.3. The number of aromatic nitrogens is 1. The molecule has 5 nitrogen and oxygen atoms in total. The molecule has 2 unspecified atom stereocenters. The van der Waals surface area contributed by atoms with Crippen molar-refractivity contribution in [3.63, 3.8) is 0 Å². The van der Waals surface area contributed by atoms with Crippen LogP contribution in [0.25, 0.3) is 11.3 Å². The number of H-pyrrole nitrogens is 1. The first kappa shape index (κ1) is 14.0. The van der Waals surface area contributed by atoms with E-state index in [2.05, 4.69) is 10.3 Å². The molecule has 0 aliphatic heterocycles. The minimum Gasteiger partial charge on any atom is -0.389 e. The van der Waals surface area contributed by atoms with Gasteiger partial charge < -0.3 is 20.5 Å². The van der Waals surface area contributed by atoms with Crippen molar-refractivity contribution in [3.05, 3.63) is 44.9 Å². The molecule has 6 heteroatoms. The maximum absolute atomic E-state index is 11.1. The van der Waals surface area contributed by atoms with E-state index in [0.29, 0.717) is 12.1 Å². The van der Waals surface area contributed by atoms with Crippen LogP contribution < -0.4 is 10.2 Å². The van der Waals surface area contributed by atoms with E-state index in [0.717, 1.165) is 22.6 Å². The summed E-state index contributed by atoms with van der Waals surface area (Å²) in [6, 6.07) is 7.11. The first-order valence-electron chi connectivity index (χ1n) is 5.90. The Labute approximate surface area is 114 Å². The molecule has 19 heavy (non-hydrogen) atoms. The van der Waals surface area contributed by atoms with Crippen molar-refractivity contribution in [2.24, 2.45) is 0 Å². The van der Waals surface area contributed by atoms with Gasteiger partial charge in [0.15, 0.2) is 0 Å². The standard InChI is InChI=1S/C13H16N2O3S/c1-14-6-11(16)12(17)9-4-2-8(3-5-9)10-7-19-13(18)15-10/h2-5,7,11-12,14,16-17H,6H2,1H3,(H,15,18). The summed E-state index contributed by atoms with van der Waals surface area (Å²) in [7, 11) is 1.71. The lowest BCUT2D eigenvalue weighted by molar-refractivity contribution is 0.0202.